The second-order valence-electron chi connectivity index (χ2n) is 5.45. The number of ether oxygens (including phenoxy) is 1. The van der Waals surface area contributed by atoms with E-state index in [0.29, 0.717) is 16.1 Å². The third kappa shape index (κ3) is 4.58. The quantitative estimate of drug-likeness (QED) is 0.599. The fourth-order valence-electron chi connectivity index (χ4n) is 2.25. The number of sulfonamides is 1. The highest BCUT2D eigenvalue weighted by atomic mass is 35.5. The number of rotatable bonds is 7. The van der Waals surface area contributed by atoms with Gasteiger partial charge in [-0.1, -0.05) is 22.9 Å². The minimum Gasteiger partial charge on any atom is -0.494 e. The van der Waals surface area contributed by atoms with Crippen molar-refractivity contribution in [1.82, 2.24) is 9.29 Å². The standard InChI is InChI=1S/C16H16ClN3O4S3/c1-3-24-10-4-5-11-12(8-10)25-16(18-11)19-14(21)9-20(2)27(22,23)15-7-6-13(17)26-15/h4-8H,3,9H2,1-2H3,(H,18,19,21). The number of amides is 1. The highest BCUT2D eigenvalue weighted by Gasteiger charge is 2.25. The van der Waals surface area contributed by atoms with Crippen LogP contribution >= 0.6 is 34.3 Å². The summed E-state index contributed by atoms with van der Waals surface area (Å²) in [5.41, 5.74) is 0.730. The molecule has 0 radical (unpaired) electrons. The average molecular weight is 446 g/mol. The minimum atomic E-state index is -3.77. The number of likely N-dealkylation sites (N-methyl/N-ethyl adjacent to an activating group) is 1. The lowest BCUT2D eigenvalue weighted by Gasteiger charge is -2.14. The lowest BCUT2D eigenvalue weighted by molar-refractivity contribution is -0.116. The van der Waals surface area contributed by atoms with Crippen LogP contribution in [0.3, 0.4) is 0 Å². The number of carbonyl (C=O) groups is 1. The van der Waals surface area contributed by atoms with Crippen LogP contribution in [-0.4, -0.2) is 43.8 Å². The van der Waals surface area contributed by atoms with Crippen LogP contribution < -0.4 is 10.1 Å². The minimum absolute atomic E-state index is 0.0891. The van der Waals surface area contributed by atoms with Crippen LogP contribution in [0.25, 0.3) is 10.2 Å². The van der Waals surface area contributed by atoms with E-state index in [-0.39, 0.29) is 10.8 Å². The van der Waals surface area contributed by atoms with Crippen LogP contribution in [0.5, 0.6) is 5.75 Å². The number of hydrogen-bond acceptors (Lipinski definition) is 7. The zero-order valence-corrected chi connectivity index (χ0v) is 17.6. The maximum absolute atomic E-state index is 12.4. The lowest BCUT2D eigenvalue weighted by atomic mass is 10.3. The number of halogens is 1. The molecule has 0 atom stereocenters. The van der Waals surface area contributed by atoms with E-state index >= 15 is 0 Å². The topological polar surface area (TPSA) is 88.6 Å². The predicted molar refractivity (Wildman–Crippen MR) is 109 cm³/mol. The van der Waals surface area contributed by atoms with Crippen molar-refractivity contribution >= 4 is 65.6 Å². The molecule has 0 aliphatic rings. The molecule has 1 N–H and O–H groups in total. The van der Waals surface area contributed by atoms with Gasteiger partial charge in [-0.05, 0) is 37.3 Å². The van der Waals surface area contributed by atoms with Gasteiger partial charge in [0.15, 0.2) is 5.13 Å². The molecule has 3 rings (SSSR count). The van der Waals surface area contributed by atoms with Crippen LogP contribution in [-0.2, 0) is 14.8 Å². The highest BCUT2D eigenvalue weighted by Crippen LogP contribution is 2.30. The fourth-order valence-corrected chi connectivity index (χ4v) is 5.98. The van der Waals surface area contributed by atoms with E-state index < -0.39 is 15.9 Å². The van der Waals surface area contributed by atoms with Crippen LogP contribution in [0, 0.1) is 0 Å². The molecule has 11 heteroatoms. The number of benzene rings is 1. The number of carbonyl (C=O) groups excluding carboxylic acids is 1. The molecular formula is C16H16ClN3O4S3. The summed E-state index contributed by atoms with van der Waals surface area (Å²) in [5.74, 6) is 0.250. The summed E-state index contributed by atoms with van der Waals surface area (Å²) < 4.78 is 32.6. The van der Waals surface area contributed by atoms with Gasteiger partial charge in [-0.3, -0.25) is 4.79 Å². The summed E-state index contributed by atoms with van der Waals surface area (Å²) in [7, 11) is -2.43. The maximum atomic E-state index is 12.4. The number of aromatic nitrogens is 1. The van der Waals surface area contributed by atoms with Gasteiger partial charge < -0.3 is 10.1 Å². The van der Waals surface area contributed by atoms with Gasteiger partial charge in [0.1, 0.15) is 9.96 Å². The van der Waals surface area contributed by atoms with Gasteiger partial charge in [-0.25, -0.2) is 13.4 Å². The second kappa shape index (κ2) is 8.11. The van der Waals surface area contributed by atoms with E-state index in [0.717, 1.165) is 31.6 Å². The first-order valence-corrected chi connectivity index (χ1v) is 11.3. The molecule has 144 valence electrons. The van der Waals surface area contributed by atoms with Crippen molar-refractivity contribution in [3.05, 3.63) is 34.7 Å². The molecule has 0 bridgehead atoms. The molecule has 2 heterocycles. The smallest absolute Gasteiger partial charge is 0.252 e. The molecule has 0 aliphatic heterocycles. The molecule has 0 spiro atoms. The molecule has 1 aromatic carbocycles. The van der Waals surface area contributed by atoms with Crippen molar-refractivity contribution in [1.29, 1.82) is 0 Å². The number of anilines is 1. The number of thiophene rings is 1. The summed E-state index contributed by atoms with van der Waals surface area (Å²) in [4.78, 5) is 16.6. The highest BCUT2D eigenvalue weighted by molar-refractivity contribution is 7.91. The first-order valence-electron chi connectivity index (χ1n) is 7.84. The molecule has 0 aliphatic carbocycles. The summed E-state index contributed by atoms with van der Waals surface area (Å²) >= 11 is 8.03. The number of nitrogens with one attached hydrogen (secondary N) is 1. The Bertz CT molecular complexity index is 1080. The monoisotopic (exact) mass is 445 g/mol. The number of nitrogens with zero attached hydrogens (tertiary/aromatic N) is 2. The fraction of sp³-hybridized carbons (Fsp3) is 0.250. The van der Waals surface area contributed by atoms with Gasteiger partial charge in [0.25, 0.3) is 10.0 Å². The summed E-state index contributed by atoms with van der Waals surface area (Å²) in [6.07, 6.45) is 0. The van der Waals surface area contributed by atoms with E-state index in [9.17, 15) is 13.2 Å². The zero-order valence-electron chi connectivity index (χ0n) is 14.4. The number of thiazole rings is 1. The van der Waals surface area contributed by atoms with Crippen LogP contribution in [0.15, 0.2) is 34.5 Å². The third-order valence-electron chi connectivity index (χ3n) is 3.50. The summed E-state index contributed by atoms with van der Waals surface area (Å²) in [6, 6.07) is 8.39. The number of fused-ring (bicyclic) bond motifs is 1. The zero-order chi connectivity index (χ0) is 19.6. The van der Waals surface area contributed by atoms with Crippen molar-refractivity contribution < 1.29 is 17.9 Å². The van der Waals surface area contributed by atoms with Gasteiger partial charge >= 0.3 is 0 Å². The van der Waals surface area contributed by atoms with Crippen molar-refractivity contribution in [3.63, 3.8) is 0 Å². The van der Waals surface area contributed by atoms with E-state index in [1.807, 2.05) is 25.1 Å². The second-order valence-corrected chi connectivity index (χ2v) is 10.5. The predicted octanol–water partition coefficient (Wildman–Crippen LogP) is 3.67. The van der Waals surface area contributed by atoms with E-state index in [2.05, 4.69) is 10.3 Å². The molecule has 3 aromatic rings. The molecule has 0 saturated carbocycles. The van der Waals surface area contributed by atoms with Crippen molar-refractivity contribution in [2.24, 2.45) is 0 Å². The van der Waals surface area contributed by atoms with Crippen molar-refractivity contribution in [2.75, 3.05) is 25.5 Å². The Labute approximate surface area is 169 Å². The molecule has 0 saturated heterocycles. The van der Waals surface area contributed by atoms with Gasteiger partial charge in [-0.2, -0.15) is 4.31 Å². The molecule has 27 heavy (non-hydrogen) atoms. The average Bonchev–Trinajstić information content (AvgIpc) is 3.20. The van der Waals surface area contributed by atoms with E-state index in [1.54, 1.807) is 0 Å². The Morgan fingerprint density at radius 2 is 2.07 bits per heavy atom. The van der Waals surface area contributed by atoms with Crippen LogP contribution in [0.2, 0.25) is 4.34 Å². The van der Waals surface area contributed by atoms with Crippen molar-refractivity contribution in [3.8, 4) is 5.75 Å². The van der Waals surface area contributed by atoms with Crippen molar-refractivity contribution in [2.45, 2.75) is 11.1 Å². The SMILES string of the molecule is CCOc1ccc2nc(NC(=O)CN(C)S(=O)(=O)c3ccc(Cl)s3)sc2c1. The summed E-state index contributed by atoms with van der Waals surface area (Å²) in [6.45, 7) is 2.12. The van der Waals surface area contributed by atoms with Gasteiger partial charge in [0.05, 0.1) is 27.7 Å². The third-order valence-corrected chi connectivity index (χ3v) is 7.93. The first kappa shape index (κ1) is 20.0. The molecule has 7 nitrogen and oxygen atoms in total. The lowest BCUT2D eigenvalue weighted by Crippen LogP contribution is -2.34. The molecule has 0 fully saturated rings. The largest absolute Gasteiger partial charge is 0.494 e. The summed E-state index contributed by atoms with van der Waals surface area (Å²) in [5, 5.41) is 3.04. The Morgan fingerprint density at radius 3 is 2.74 bits per heavy atom. The Morgan fingerprint density at radius 1 is 1.30 bits per heavy atom. The molecule has 1 amide bonds. The van der Waals surface area contributed by atoms with Gasteiger partial charge in [0, 0.05) is 7.05 Å². The van der Waals surface area contributed by atoms with E-state index in [1.165, 1.54) is 30.5 Å². The van der Waals surface area contributed by atoms with Crippen LogP contribution in [0.4, 0.5) is 5.13 Å². The Kier molecular flexibility index (Phi) is 6.02. The number of hydrogen-bond donors (Lipinski definition) is 1. The first-order chi connectivity index (χ1) is 12.8. The Balaban J connectivity index is 1.69. The molecular weight excluding hydrogens is 430 g/mol. The van der Waals surface area contributed by atoms with E-state index in [4.69, 9.17) is 16.3 Å². The van der Waals surface area contributed by atoms with Gasteiger partial charge in [-0.15, -0.1) is 11.3 Å². The molecule has 0 unspecified atom stereocenters. The normalized spacial score (nSPS) is 11.9. The van der Waals surface area contributed by atoms with Crippen LogP contribution in [0.1, 0.15) is 6.92 Å². The Hall–Kier alpha value is -1.72. The molecule has 2 aromatic heterocycles. The van der Waals surface area contributed by atoms with Gasteiger partial charge in [0.2, 0.25) is 5.91 Å². The maximum Gasteiger partial charge on any atom is 0.252 e.